The summed E-state index contributed by atoms with van der Waals surface area (Å²) in [5, 5.41) is 16.8. The van der Waals surface area contributed by atoms with E-state index in [-0.39, 0.29) is 10.6 Å². The number of fused-ring (bicyclic) bond motifs is 1. The zero-order valence-electron chi connectivity index (χ0n) is 15.6. The second-order valence-electron chi connectivity index (χ2n) is 7.02. The summed E-state index contributed by atoms with van der Waals surface area (Å²) >= 11 is 5.77. The highest BCUT2D eigenvalue weighted by Gasteiger charge is 2.34. The van der Waals surface area contributed by atoms with Gasteiger partial charge in [-0.1, -0.05) is 23.7 Å². The summed E-state index contributed by atoms with van der Waals surface area (Å²) in [4.78, 5) is 11.4. The van der Waals surface area contributed by atoms with Crippen LogP contribution in [-0.2, 0) is 12.6 Å². The lowest BCUT2D eigenvalue weighted by atomic mass is 10.0. The van der Waals surface area contributed by atoms with Gasteiger partial charge >= 0.3 is 12.1 Å². The zero-order chi connectivity index (χ0) is 21.5. The smallest absolute Gasteiger partial charge is 0.417 e. The van der Waals surface area contributed by atoms with Gasteiger partial charge < -0.3 is 10.4 Å². The number of hydrogen-bond acceptors (Lipinski definition) is 3. The minimum atomic E-state index is -4.58. The van der Waals surface area contributed by atoms with Crippen molar-refractivity contribution in [1.82, 2.24) is 9.78 Å². The lowest BCUT2D eigenvalue weighted by Crippen LogP contribution is -2.08. The number of aromatic nitrogens is 2. The Kier molecular flexibility index (Phi) is 5.19. The van der Waals surface area contributed by atoms with Crippen LogP contribution in [-0.4, -0.2) is 27.4 Å². The largest absolute Gasteiger partial charge is 0.478 e. The van der Waals surface area contributed by atoms with E-state index in [1.54, 1.807) is 16.8 Å². The van der Waals surface area contributed by atoms with Gasteiger partial charge in [0.2, 0.25) is 0 Å². The van der Waals surface area contributed by atoms with Crippen LogP contribution in [0.5, 0.6) is 0 Å². The number of carboxylic acids is 1. The second kappa shape index (κ2) is 7.68. The molecule has 0 radical (unpaired) electrons. The van der Waals surface area contributed by atoms with E-state index in [2.05, 4.69) is 10.4 Å². The van der Waals surface area contributed by atoms with Gasteiger partial charge in [0.25, 0.3) is 0 Å². The summed E-state index contributed by atoms with van der Waals surface area (Å²) in [6.45, 7) is 0.686. The van der Waals surface area contributed by atoms with Crippen molar-refractivity contribution in [3.05, 3.63) is 64.2 Å². The molecule has 0 spiro atoms. The fourth-order valence-corrected chi connectivity index (χ4v) is 3.81. The molecule has 2 heterocycles. The van der Waals surface area contributed by atoms with Crippen LogP contribution in [0.4, 0.5) is 19.0 Å². The average molecular weight is 436 g/mol. The summed E-state index contributed by atoms with van der Waals surface area (Å²) < 4.78 is 41.6. The van der Waals surface area contributed by atoms with Crippen LogP contribution in [0.1, 0.15) is 34.3 Å². The number of carbonyl (C=O) groups is 1. The van der Waals surface area contributed by atoms with Gasteiger partial charge in [-0.2, -0.15) is 18.3 Å². The first kappa shape index (κ1) is 20.3. The summed E-state index contributed by atoms with van der Waals surface area (Å²) in [7, 11) is 0. The van der Waals surface area contributed by atoms with Gasteiger partial charge in [0.15, 0.2) is 0 Å². The number of carboxylic acid groups (broad SMARTS) is 1. The molecule has 0 fully saturated rings. The highest BCUT2D eigenvalue weighted by atomic mass is 35.5. The highest BCUT2D eigenvalue weighted by molar-refractivity contribution is 6.31. The van der Waals surface area contributed by atoms with E-state index in [4.69, 9.17) is 11.6 Å². The normalized spacial score (nSPS) is 14.0. The molecule has 1 aromatic heterocycles. The molecule has 0 saturated heterocycles. The molecule has 0 atom stereocenters. The topological polar surface area (TPSA) is 67.1 Å². The van der Waals surface area contributed by atoms with E-state index < -0.39 is 17.7 Å². The third-order valence-corrected chi connectivity index (χ3v) is 5.34. The standard InChI is InChI=1S/C21H17ClF3N3O2/c22-17-8-7-12(11-16(17)21(23,24)25)18-15-6-1-2-9-26-19(15)28(27-18)14-5-3-4-13(10-14)20(29)30/h3-5,7-8,10-11,26H,1-2,6,9H2,(H,29,30). The molecule has 4 rings (SSSR count). The number of anilines is 1. The second-order valence-corrected chi connectivity index (χ2v) is 7.43. The number of hydrogen-bond donors (Lipinski definition) is 2. The van der Waals surface area contributed by atoms with Crippen LogP contribution in [0.3, 0.4) is 0 Å². The Morgan fingerprint density at radius 3 is 2.70 bits per heavy atom. The molecule has 30 heavy (non-hydrogen) atoms. The number of halogens is 4. The number of rotatable bonds is 3. The van der Waals surface area contributed by atoms with Gasteiger partial charge in [-0.25, -0.2) is 9.48 Å². The maximum atomic E-state index is 13.4. The summed E-state index contributed by atoms with van der Waals surface area (Å²) in [5.74, 6) is -0.413. The Bertz CT molecular complexity index is 1130. The van der Waals surface area contributed by atoms with Crippen molar-refractivity contribution in [3.8, 4) is 16.9 Å². The Morgan fingerprint density at radius 1 is 1.17 bits per heavy atom. The molecule has 0 amide bonds. The molecule has 0 aliphatic carbocycles. The van der Waals surface area contributed by atoms with Gasteiger partial charge in [-0.3, -0.25) is 0 Å². The zero-order valence-corrected chi connectivity index (χ0v) is 16.4. The fraction of sp³-hybridized carbons (Fsp3) is 0.238. The van der Waals surface area contributed by atoms with Crippen LogP contribution < -0.4 is 5.32 Å². The lowest BCUT2D eigenvalue weighted by molar-refractivity contribution is -0.137. The molecule has 0 unspecified atom stereocenters. The van der Waals surface area contributed by atoms with Crippen molar-refractivity contribution in [1.29, 1.82) is 0 Å². The Labute approximate surface area is 175 Å². The predicted molar refractivity (Wildman–Crippen MR) is 107 cm³/mol. The lowest BCUT2D eigenvalue weighted by Gasteiger charge is -2.10. The van der Waals surface area contributed by atoms with Crippen LogP contribution in [0, 0.1) is 0 Å². The van der Waals surface area contributed by atoms with Crippen molar-refractivity contribution in [2.45, 2.75) is 25.4 Å². The van der Waals surface area contributed by atoms with E-state index in [0.717, 1.165) is 24.5 Å². The van der Waals surface area contributed by atoms with Crippen LogP contribution in [0.2, 0.25) is 5.02 Å². The number of nitrogens with one attached hydrogen (secondary N) is 1. The predicted octanol–water partition coefficient (Wildman–Crippen LogP) is 5.66. The average Bonchev–Trinajstić information content (AvgIpc) is 2.89. The van der Waals surface area contributed by atoms with Gasteiger partial charge in [0.05, 0.1) is 27.5 Å². The van der Waals surface area contributed by atoms with Crippen molar-refractivity contribution in [3.63, 3.8) is 0 Å². The SMILES string of the molecule is O=C(O)c1cccc(-n2nc(-c3ccc(Cl)c(C(F)(F)F)c3)c3c2NCCCC3)c1. The van der Waals surface area contributed by atoms with Crippen molar-refractivity contribution < 1.29 is 23.1 Å². The van der Waals surface area contributed by atoms with Crippen molar-refractivity contribution >= 4 is 23.4 Å². The quantitative estimate of drug-likeness (QED) is 0.557. The molecule has 0 saturated carbocycles. The third-order valence-electron chi connectivity index (χ3n) is 5.01. The van der Waals surface area contributed by atoms with Crippen LogP contribution in [0.15, 0.2) is 42.5 Å². The summed E-state index contributed by atoms with van der Waals surface area (Å²) in [5.41, 5.74) is 1.21. The van der Waals surface area contributed by atoms with E-state index in [1.807, 2.05) is 0 Å². The van der Waals surface area contributed by atoms with E-state index in [9.17, 15) is 23.1 Å². The van der Waals surface area contributed by atoms with Crippen molar-refractivity contribution in [2.75, 3.05) is 11.9 Å². The third kappa shape index (κ3) is 3.75. The van der Waals surface area contributed by atoms with Crippen LogP contribution >= 0.6 is 11.6 Å². The first-order valence-corrected chi connectivity index (χ1v) is 9.70. The van der Waals surface area contributed by atoms with E-state index in [1.165, 1.54) is 24.3 Å². The molecule has 2 N–H and O–H groups in total. The monoisotopic (exact) mass is 435 g/mol. The maximum absolute atomic E-state index is 13.4. The Hall–Kier alpha value is -3.00. The number of nitrogens with zero attached hydrogens (tertiary/aromatic N) is 2. The van der Waals surface area contributed by atoms with Crippen molar-refractivity contribution in [2.24, 2.45) is 0 Å². The molecule has 9 heteroatoms. The first-order valence-electron chi connectivity index (χ1n) is 9.32. The summed E-state index contributed by atoms with van der Waals surface area (Å²) in [6.07, 6.45) is -2.19. The molecule has 156 valence electrons. The van der Waals surface area contributed by atoms with E-state index >= 15 is 0 Å². The van der Waals surface area contributed by atoms with Gasteiger partial charge in [-0.15, -0.1) is 0 Å². The first-order chi connectivity index (χ1) is 14.3. The minimum Gasteiger partial charge on any atom is -0.478 e. The molecule has 3 aromatic rings. The molecular weight excluding hydrogens is 419 g/mol. The maximum Gasteiger partial charge on any atom is 0.417 e. The van der Waals surface area contributed by atoms with Crippen LogP contribution in [0.25, 0.3) is 16.9 Å². The molecule has 1 aliphatic heterocycles. The molecular formula is C21H17ClF3N3O2. The number of aromatic carboxylic acids is 1. The highest BCUT2D eigenvalue weighted by Crippen LogP contribution is 2.39. The number of alkyl halides is 3. The fourth-order valence-electron chi connectivity index (χ4n) is 3.58. The molecule has 0 bridgehead atoms. The molecule has 2 aromatic carbocycles. The Morgan fingerprint density at radius 2 is 1.97 bits per heavy atom. The van der Waals surface area contributed by atoms with Gasteiger partial charge in [0, 0.05) is 17.7 Å². The summed E-state index contributed by atoms with van der Waals surface area (Å²) in [6, 6.07) is 10.0. The van der Waals surface area contributed by atoms with Gasteiger partial charge in [-0.05, 0) is 49.6 Å². The van der Waals surface area contributed by atoms with Gasteiger partial charge in [0.1, 0.15) is 5.82 Å². The number of benzene rings is 2. The van der Waals surface area contributed by atoms with E-state index in [0.29, 0.717) is 35.7 Å². The minimum absolute atomic E-state index is 0.0952. The Balaban J connectivity index is 1.91. The molecule has 5 nitrogen and oxygen atoms in total. The molecule has 1 aliphatic rings.